The summed E-state index contributed by atoms with van der Waals surface area (Å²) in [6.45, 7) is 6.46. The molecular weight excluding hydrogens is 252 g/mol. The highest BCUT2D eigenvalue weighted by Crippen LogP contribution is 2.16. The number of benzene rings is 1. The molecule has 1 aromatic carbocycles. The Hall–Kier alpha value is -2.43. The van der Waals surface area contributed by atoms with Crippen molar-refractivity contribution >= 4 is 5.95 Å². The molecule has 5 heteroatoms. The van der Waals surface area contributed by atoms with E-state index in [0.717, 1.165) is 16.8 Å². The normalized spacial score (nSPS) is 10.9. The summed E-state index contributed by atoms with van der Waals surface area (Å²) < 4.78 is 1.48. The molecule has 104 valence electrons. The molecule has 0 radical (unpaired) electrons. The smallest absolute Gasteiger partial charge is 0.351 e. The fourth-order valence-corrected chi connectivity index (χ4v) is 2.03. The molecule has 1 heterocycles. The number of aryl methyl sites for hydroxylation is 2. The Kier molecular flexibility index (Phi) is 4.30. The van der Waals surface area contributed by atoms with Gasteiger partial charge in [0.2, 0.25) is 5.95 Å². The number of hydrogen-bond donors (Lipinski definition) is 1. The Labute approximate surface area is 118 Å². The van der Waals surface area contributed by atoms with Crippen molar-refractivity contribution in [2.24, 2.45) is 0 Å². The van der Waals surface area contributed by atoms with Gasteiger partial charge in [0.25, 0.3) is 0 Å². The number of para-hydroxylation sites is 1. The second-order valence-electron chi connectivity index (χ2n) is 4.52. The minimum absolute atomic E-state index is 0.333. The van der Waals surface area contributed by atoms with Gasteiger partial charge in [0, 0.05) is 6.54 Å². The lowest BCUT2D eigenvalue weighted by Gasteiger charge is -2.11. The van der Waals surface area contributed by atoms with Gasteiger partial charge in [-0.05, 0) is 31.9 Å². The largest absolute Gasteiger partial charge is 0.356 e. The van der Waals surface area contributed by atoms with Crippen molar-refractivity contribution in [3.05, 3.63) is 58.3 Å². The fourth-order valence-electron chi connectivity index (χ4n) is 2.03. The summed E-state index contributed by atoms with van der Waals surface area (Å²) in [4.78, 5) is 20.3. The van der Waals surface area contributed by atoms with E-state index in [1.165, 1.54) is 10.9 Å². The Morgan fingerprint density at radius 2 is 2.00 bits per heavy atom. The summed E-state index contributed by atoms with van der Waals surface area (Å²) in [6, 6.07) is 5.90. The van der Waals surface area contributed by atoms with E-state index in [1.807, 2.05) is 51.1 Å². The van der Waals surface area contributed by atoms with Gasteiger partial charge >= 0.3 is 5.69 Å². The molecule has 2 aromatic rings. The maximum absolute atomic E-state index is 12.1. The molecule has 0 fully saturated rings. The summed E-state index contributed by atoms with van der Waals surface area (Å²) in [7, 11) is 0. The third-order valence-electron chi connectivity index (χ3n) is 3.00. The third-order valence-corrected chi connectivity index (χ3v) is 3.00. The number of nitrogens with zero attached hydrogens (tertiary/aromatic N) is 3. The van der Waals surface area contributed by atoms with E-state index < -0.39 is 0 Å². The van der Waals surface area contributed by atoms with Crippen molar-refractivity contribution in [3.8, 4) is 5.69 Å². The van der Waals surface area contributed by atoms with Crippen molar-refractivity contribution in [2.45, 2.75) is 20.8 Å². The minimum atomic E-state index is -0.333. The van der Waals surface area contributed by atoms with E-state index in [-0.39, 0.29) is 5.69 Å². The average Bonchev–Trinajstić information content (AvgIpc) is 2.41. The molecule has 0 bridgehead atoms. The molecule has 0 amide bonds. The summed E-state index contributed by atoms with van der Waals surface area (Å²) in [5.41, 5.74) is 2.55. The molecule has 0 atom stereocenters. The highest BCUT2D eigenvalue weighted by atomic mass is 16.1. The predicted molar refractivity (Wildman–Crippen MR) is 80.4 cm³/mol. The van der Waals surface area contributed by atoms with E-state index in [4.69, 9.17) is 0 Å². The van der Waals surface area contributed by atoms with Gasteiger partial charge in [0.15, 0.2) is 0 Å². The van der Waals surface area contributed by atoms with Crippen molar-refractivity contribution in [1.29, 1.82) is 0 Å². The van der Waals surface area contributed by atoms with Crippen molar-refractivity contribution in [3.63, 3.8) is 0 Å². The van der Waals surface area contributed by atoms with Crippen LogP contribution in [-0.4, -0.2) is 21.1 Å². The molecule has 1 N–H and O–H groups in total. The van der Waals surface area contributed by atoms with Gasteiger partial charge in [-0.25, -0.2) is 9.78 Å². The maximum atomic E-state index is 12.1. The number of allylic oxidation sites excluding steroid dienone is 1. The number of aromatic nitrogens is 3. The van der Waals surface area contributed by atoms with Crippen LogP contribution in [0.2, 0.25) is 0 Å². The van der Waals surface area contributed by atoms with E-state index in [1.54, 1.807) is 0 Å². The van der Waals surface area contributed by atoms with Gasteiger partial charge in [-0.2, -0.15) is 4.98 Å². The zero-order chi connectivity index (χ0) is 14.5. The second-order valence-corrected chi connectivity index (χ2v) is 4.52. The molecule has 0 unspecified atom stereocenters. The lowest BCUT2D eigenvalue weighted by Crippen LogP contribution is -2.24. The lowest BCUT2D eigenvalue weighted by molar-refractivity contribution is 0.849. The first-order valence-electron chi connectivity index (χ1n) is 6.51. The van der Waals surface area contributed by atoms with Gasteiger partial charge in [-0.3, -0.25) is 4.57 Å². The van der Waals surface area contributed by atoms with Crippen molar-refractivity contribution < 1.29 is 0 Å². The van der Waals surface area contributed by atoms with Crippen LogP contribution in [0.5, 0.6) is 0 Å². The zero-order valence-electron chi connectivity index (χ0n) is 11.9. The summed E-state index contributed by atoms with van der Waals surface area (Å²) in [5, 5.41) is 2.97. The van der Waals surface area contributed by atoms with E-state index in [0.29, 0.717) is 12.5 Å². The Morgan fingerprint density at radius 1 is 1.30 bits per heavy atom. The van der Waals surface area contributed by atoms with E-state index >= 15 is 0 Å². The first-order chi connectivity index (χ1) is 9.63. The van der Waals surface area contributed by atoms with E-state index in [9.17, 15) is 4.79 Å². The Bertz CT molecular complexity index is 668. The van der Waals surface area contributed by atoms with Gasteiger partial charge in [-0.1, -0.05) is 30.4 Å². The zero-order valence-corrected chi connectivity index (χ0v) is 11.9. The van der Waals surface area contributed by atoms with Crippen LogP contribution in [0.1, 0.15) is 18.1 Å². The monoisotopic (exact) mass is 270 g/mol. The van der Waals surface area contributed by atoms with Crippen LogP contribution in [0.15, 0.2) is 41.5 Å². The van der Waals surface area contributed by atoms with Crippen LogP contribution >= 0.6 is 0 Å². The molecule has 1 aromatic heterocycles. The molecule has 0 spiro atoms. The Balaban J connectivity index is 2.37. The Morgan fingerprint density at radius 3 is 2.60 bits per heavy atom. The SMILES string of the molecule is CC=CCNc1ncn(-c2c(C)cccc2C)c(=O)n1. The molecule has 0 saturated carbocycles. The number of hydrogen-bond acceptors (Lipinski definition) is 4. The van der Waals surface area contributed by atoms with Crippen molar-refractivity contribution in [2.75, 3.05) is 11.9 Å². The molecule has 5 nitrogen and oxygen atoms in total. The fraction of sp³-hybridized carbons (Fsp3) is 0.267. The van der Waals surface area contributed by atoms with Crippen LogP contribution in [0.3, 0.4) is 0 Å². The first kappa shape index (κ1) is 14.0. The molecule has 0 aliphatic heterocycles. The lowest BCUT2D eigenvalue weighted by atomic mass is 10.1. The summed E-state index contributed by atoms with van der Waals surface area (Å²) in [5.74, 6) is 0.343. The van der Waals surface area contributed by atoms with Crippen LogP contribution < -0.4 is 11.0 Å². The van der Waals surface area contributed by atoms with Crippen LogP contribution in [0, 0.1) is 13.8 Å². The molecule has 2 rings (SSSR count). The average molecular weight is 270 g/mol. The van der Waals surface area contributed by atoms with E-state index in [2.05, 4.69) is 15.3 Å². The van der Waals surface area contributed by atoms with Crippen LogP contribution in [0.25, 0.3) is 5.69 Å². The molecule has 20 heavy (non-hydrogen) atoms. The first-order valence-corrected chi connectivity index (χ1v) is 6.51. The topological polar surface area (TPSA) is 59.8 Å². The van der Waals surface area contributed by atoms with Gasteiger partial charge in [0.1, 0.15) is 6.33 Å². The summed E-state index contributed by atoms with van der Waals surface area (Å²) >= 11 is 0. The predicted octanol–water partition coefficient (Wildman–Crippen LogP) is 2.23. The molecule has 0 aliphatic carbocycles. The highest BCUT2D eigenvalue weighted by Gasteiger charge is 2.08. The van der Waals surface area contributed by atoms with Gasteiger partial charge in [-0.15, -0.1) is 0 Å². The maximum Gasteiger partial charge on any atom is 0.356 e. The molecule has 0 aliphatic rings. The standard InChI is InChI=1S/C15H18N4O/c1-4-5-9-16-14-17-10-19(15(20)18-14)13-11(2)7-6-8-12(13)3/h4-8,10H,9H2,1-3H3,(H,16,18,20). The van der Waals surface area contributed by atoms with Crippen molar-refractivity contribution in [1.82, 2.24) is 14.5 Å². The highest BCUT2D eigenvalue weighted by molar-refractivity contribution is 5.46. The molecule has 0 saturated heterocycles. The van der Waals surface area contributed by atoms with Crippen LogP contribution in [0.4, 0.5) is 5.95 Å². The number of rotatable bonds is 4. The minimum Gasteiger partial charge on any atom is -0.351 e. The third kappa shape index (κ3) is 2.93. The van der Waals surface area contributed by atoms with Gasteiger partial charge in [0.05, 0.1) is 5.69 Å². The number of anilines is 1. The quantitative estimate of drug-likeness (QED) is 0.865. The van der Waals surface area contributed by atoms with Gasteiger partial charge < -0.3 is 5.32 Å². The molecular formula is C15H18N4O. The number of nitrogens with one attached hydrogen (secondary N) is 1. The second kappa shape index (κ2) is 6.14. The summed E-state index contributed by atoms with van der Waals surface area (Å²) in [6.07, 6.45) is 5.37. The van der Waals surface area contributed by atoms with Crippen LogP contribution in [-0.2, 0) is 0 Å².